The van der Waals surface area contributed by atoms with Crippen molar-refractivity contribution >= 4 is 10.8 Å². The first-order valence-electron chi connectivity index (χ1n) is 14.3. The predicted molar refractivity (Wildman–Crippen MR) is 166 cm³/mol. The first-order chi connectivity index (χ1) is 19.4. The van der Waals surface area contributed by atoms with E-state index in [1.54, 1.807) is 0 Å². The van der Waals surface area contributed by atoms with Crippen LogP contribution in [0.25, 0.3) is 66.4 Å². The zero-order chi connectivity index (χ0) is 25.8. The highest BCUT2D eigenvalue weighted by molar-refractivity contribution is 6.24. The van der Waals surface area contributed by atoms with Crippen molar-refractivity contribution < 1.29 is 0 Å². The Balaban J connectivity index is 1.57. The molecular formula is C39H30. The standard InChI is InChI=1S/C39H30/c1-5-13-26(14-6-1)31-23-21-29-22-24-32(27-15-7-2-8-16-27)38-35(29)37(31)36-30-19-11-4-12-20-33(39(36)38)34(25-30)28-17-9-3-10-18-28/h1-3,5-10,13-18,21-25H,4,11-12,19-20H2. The van der Waals surface area contributed by atoms with E-state index in [1.807, 2.05) is 0 Å². The lowest BCUT2D eigenvalue weighted by Crippen LogP contribution is -1.99. The molecule has 8 rings (SSSR count). The molecule has 0 fully saturated rings. The highest BCUT2D eigenvalue weighted by Gasteiger charge is 2.33. The molecule has 2 aliphatic rings. The SMILES string of the molecule is c1ccc(-c2cc3c4c(c2CCCCC3)-c2c(-c3ccccc3)ccc3ccc(-c5ccccc5)c-4c23)cc1. The van der Waals surface area contributed by atoms with E-state index in [0.29, 0.717) is 0 Å². The third kappa shape index (κ3) is 3.52. The Bertz CT molecular complexity index is 1840. The largest absolute Gasteiger partial charge is 0.0622 e. The molecule has 0 nitrogen and oxygen atoms in total. The van der Waals surface area contributed by atoms with Crippen molar-refractivity contribution in [2.45, 2.75) is 32.1 Å². The molecular weight excluding hydrogens is 468 g/mol. The lowest BCUT2D eigenvalue weighted by atomic mass is 9.83. The monoisotopic (exact) mass is 498 g/mol. The Labute approximate surface area is 230 Å². The third-order valence-electron chi connectivity index (χ3n) is 8.83. The molecule has 0 spiro atoms. The summed E-state index contributed by atoms with van der Waals surface area (Å²) in [6.45, 7) is 0. The van der Waals surface area contributed by atoms with Gasteiger partial charge >= 0.3 is 0 Å². The van der Waals surface area contributed by atoms with Gasteiger partial charge in [-0.25, -0.2) is 0 Å². The Morgan fingerprint density at radius 3 is 1.49 bits per heavy atom. The van der Waals surface area contributed by atoms with E-state index in [0.717, 1.165) is 12.8 Å². The Hall–Kier alpha value is -4.42. The summed E-state index contributed by atoms with van der Waals surface area (Å²) in [5.41, 5.74) is 17.0. The van der Waals surface area contributed by atoms with Gasteiger partial charge in [0.2, 0.25) is 0 Å². The van der Waals surface area contributed by atoms with Gasteiger partial charge in [-0.1, -0.05) is 128 Å². The summed E-state index contributed by atoms with van der Waals surface area (Å²) in [5.74, 6) is 0. The van der Waals surface area contributed by atoms with E-state index in [9.17, 15) is 0 Å². The maximum absolute atomic E-state index is 2.55. The predicted octanol–water partition coefficient (Wildman–Crippen LogP) is 10.8. The second-order valence-corrected chi connectivity index (χ2v) is 11.0. The molecule has 0 aliphatic heterocycles. The van der Waals surface area contributed by atoms with E-state index in [4.69, 9.17) is 0 Å². The van der Waals surface area contributed by atoms with Crippen LogP contribution >= 0.6 is 0 Å². The molecule has 0 saturated heterocycles. The zero-order valence-corrected chi connectivity index (χ0v) is 22.1. The quantitative estimate of drug-likeness (QED) is 0.227. The average molecular weight is 499 g/mol. The first-order valence-corrected chi connectivity index (χ1v) is 14.3. The lowest BCUT2D eigenvalue weighted by molar-refractivity contribution is 0.686. The van der Waals surface area contributed by atoms with Gasteiger partial charge in [0.15, 0.2) is 0 Å². The van der Waals surface area contributed by atoms with Crippen molar-refractivity contribution in [3.05, 3.63) is 132 Å². The molecule has 0 unspecified atom stereocenters. The third-order valence-corrected chi connectivity index (χ3v) is 8.83. The average Bonchev–Trinajstić information content (AvgIpc) is 3.43. The maximum Gasteiger partial charge on any atom is -0.00110 e. The van der Waals surface area contributed by atoms with E-state index < -0.39 is 0 Å². The van der Waals surface area contributed by atoms with Gasteiger partial charge in [-0.15, -0.1) is 0 Å². The van der Waals surface area contributed by atoms with Gasteiger partial charge in [0.25, 0.3) is 0 Å². The summed E-state index contributed by atoms with van der Waals surface area (Å²) in [6, 6.07) is 45.1. The molecule has 2 bridgehead atoms. The van der Waals surface area contributed by atoms with Crippen molar-refractivity contribution in [3.63, 3.8) is 0 Å². The van der Waals surface area contributed by atoms with Crippen LogP contribution < -0.4 is 0 Å². The van der Waals surface area contributed by atoms with E-state index >= 15 is 0 Å². The first kappa shape index (κ1) is 22.6. The van der Waals surface area contributed by atoms with Crippen LogP contribution in [0.3, 0.4) is 0 Å². The molecule has 2 aliphatic carbocycles. The van der Waals surface area contributed by atoms with Crippen LogP contribution in [-0.4, -0.2) is 0 Å². The van der Waals surface area contributed by atoms with Gasteiger partial charge in [0.05, 0.1) is 0 Å². The lowest BCUT2D eigenvalue weighted by Gasteiger charge is -2.20. The molecule has 0 amide bonds. The van der Waals surface area contributed by atoms with Gasteiger partial charge in [0.1, 0.15) is 0 Å². The van der Waals surface area contributed by atoms with E-state index in [-0.39, 0.29) is 0 Å². The molecule has 0 saturated carbocycles. The summed E-state index contributed by atoms with van der Waals surface area (Å²) in [5, 5.41) is 2.77. The summed E-state index contributed by atoms with van der Waals surface area (Å²) < 4.78 is 0. The van der Waals surface area contributed by atoms with Crippen LogP contribution in [0, 0.1) is 0 Å². The van der Waals surface area contributed by atoms with E-state index in [2.05, 4.69) is 121 Å². The van der Waals surface area contributed by atoms with Crippen LogP contribution in [0.2, 0.25) is 0 Å². The zero-order valence-electron chi connectivity index (χ0n) is 22.1. The molecule has 0 heteroatoms. The summed E-state index contributed by atoms with van der Waals surface area (Å²) >= 11 is 0. The number of hydrogen-bond acceptors (Lipinski definition) is 0. The number of aryl methyl sites for hydroxylation is 1. The summed E-state index contributed by atoms with van der Waals surface area (Å²) in [4.78, 5) is 0. The highest BCUT2D eigenvalue weighted by Crippen LogP contribution is 2.58. The van der Waals surface area contributed by atoms with Gasteiger partial charge < -0.3 is 0 Å². The van der Waals surface area contributed by atoms with Crippen LogP contribution in [0.15, 0.2) is 121 Å². The highest BCUT2D eigenvalue weighted by atomic mass is 14.4. The summed E-state index contributed by atoms with van der Waals surface area (Å²) in [7, 11) is 0. The van der Waals surface area contributed by atoms with Crippen LogP contribution in [0.1, 0.15) is 30.4 Å². The van der Waals surface area contributed by atoms with Gasteiger partial charge in [-0.05, 0) is 103 Å². The van der Waals surface area contributed by atoms with E-state index in [1.165, 1.54) is 96.8 Å². The van der Waals surface area contributed by atoms with Crippen LogP contribution in [0.4, 0.5) is 0 Å². The second-order valence-electron chi connectivity index (χ2n) is 11.0. The minimum absolute atomic E-state index is 1.12. The Kier molecular flexibility index (Phi) is 5.26. The fraction of sp³-hybridized carbons (Fsp3) is 0.128. The fourth-order valence-electron chi connectivity index (χ4n) is 7.12. The molecule has 0 heterocycles. The molecule has 6 aromatic rings. The number of hydrogen-bond donors (Lipinski definition) is 0. The Morgan fingerprint density at radius 2 is 0.897 bits per heavy atom. The molecule has 6 aromatic carbocycles. The molecule has 39 heavy (non-hydrogen) atoms. The molecule has 0 N–H and O–H groups in total. The van der Waals surface area contributed by atoms with Crippen molar-refractivity contribution in [1.82, 2.24) is 0 Å². The van der Waals surface area contributed by atoms with Crippen molar-refractivity contribution in [2.75, 3.05) is 0 Å². The molecule has 186 valence electrons. The van der Waals surface area contributed by atoms with Crippen molar-refractivity contribution in [3.8, 4) is 55.6 Å². The molecule has 0 aromatic heterocycles. The molecule has 0 atom stereocenters. The minimum Gasteiger partial charge on any atom is -0.0622 e. The summed E-state index contributed by atoms with van der Waals surface area (Å²) in [6.07, 6.45) is 6.01. The maximum atomic E-state index is 2.55. The number of rotatable bonds is 3. The normalized spacial score (nSPS) is 13.6. The second kappa shape index (κ2) is 9.10. The fourth-order valence-corrected chi connectivity index (χ4v) is 7.12. The van der Waals surface area contributed by atoms with Gasteiger partial charge in [-0.3, -0.25) is 0 Å². The minimum atomic E-state index is 1.12. The number of benzene rings is 6. The Morgan fingerprint density at radius 1 is 0.385 bits per heavy atom. The van der Waals surface area contributed by atoms with Gasteiger partial charge in [0, 0.05) is 0 Å². The van der Waals surface area contributed by atoms with Crippen LogP contribution in [0.5, 0.6) is 0 Å². The van der Waals surface area contributed by atoms with Crippen molar-refractivity contribution in [2.24, 2.45) is 0 Å². The topological polar surface area (TPSA) is 0 Å². The van der Waals surface area contributed by atoms with Gasteiger partial charge in [-0.2, -0.15) is 0 Å². The van der Waals surface area contributed by atoms with Crippen molar-refractivity contribution in [1.29, 1.82) is 0 Å². The smallest absolute Gasteiger partial charge is 0.00110 e. The molecule has 0 radical (unpaired) electrons. The van der Waals surface area contributed by atoms with Crippen LogP contribution in [-0.2, 0) is 12.8 Å².